The second-order valence-electron chi connectivity index (χ2n) is 4.92. The number of carbonyl (C=O) groups is 1. The Kier molecular flexibility index (Phi) is 5.77. The molecule has 0 bridgehead atoms. The smallest absolute Gasteiger partial charge is 0.220 e. The maximum atomic E-state index is 11.7. The monoisotopic (exact) mass is 228 g/mol. The van der Waals surface area contributed by atoms with Crippen LogP contribution in [0, 0.1) is 5.92 Å². The minimum Gasteiger partial charge on any atom is -0.384 e. The molecule has 0 aliphatic carbocycles. The molecule has 0 aromatic heterocycles. The summed E-state index contributed by atoms with van der Waals surface area (Å²) in [4.78, 5) is 11.7. The molecular weight excluding hydrogens is 204 g/mol. The average Bonchev–Trinajstić information content (AvgIpc) is 2.21. The van der Waals surface area contributed by atoms with E-state index in [9.17, 15) is 4.79 Å². The van der Waals surface area contributed by atoms with Crippen molar-refractivity contribution in [3.05, 3.63) is 0 Å². The van der Waals surface area contributed by atoms with Gasteiger partial charge in [0, 0.05) is 38.8 Å². The quantitative estimate of drug-likeness (QED) is 0.735. The summed E-state index contributed by atoms with van der Waals surface area (Å²) < 4.78 is 5.02. The maximum Gasteiger partial charge on any atom is 0.220 e. The highest BCUT2D eigenvalue weighted by molar-refractivity contribution is 5.76. The van der Waals surface area contributed by atoms with Gasteiger partial charge in [0.2, 0.25) is 5.91 Å². The molecule has 1 saturated heterocycles. The standard InChI is InChI=1S/C12H24N2O2/c1-9(8-16-3)6-12(15)14-11-5-4-10(2)13-7-11/h9-11,13H,4-8H2,1-3H3,(H,14,15). The molecule has 2 N–H and O–H groups in total. The first-order valence-corrected chi connectivity index (χ1v) is 6.13. The highest BCUT2D eigenvalue weighted by atomic mass is 16.5. The van der Waals surface area contributed by atoms with Gasteiger partial charge in [-0.15, -0.1) is 0 Å². The van der Waals surface area contributed by atoms with Crippen LogP contribution in [0.2, 0.25) is 0 Å². The number of carbonyl (C=O) groups excluding carboxylic acids is 1. The summed E-state index contributed by atoms with van der Waals surface area (Å²) in [6.45, 7) is 5.75. The van der Waals surface area contributed by atoms with Crippen LogP contribution in [-0.2, 0) is 9.53 Å². The van der Waals surface area contributed by atoms with Gasteiger partial charge in [-0.05, 0) is 25.7 Å². The third kappa shape index (κ3) is 4.94. The van der Waals surface area contributed by atoms with Gasteiger partial charge < -0.3 is 15.4 Å². The van der Waals surface area contributed by atoms with E-state index in [1.54, 1.807) is 7.11 Å². The van der Waals surface area contributed by atoms with E-state index in [4.69, 9.17) is 4.74 Å². The zero-order valence-corrected chi connectivity index (χ0v) is 10.6. The predicted octanol–water partition coefficient (Wildman–Crippen LogP) is 0.916. The molecule has 0 aromatic carbocycles. The number of amides is 1. The molecule has 4 nitrogen and oxygen atoms in total. The Morgan fingerprint density at radius 3 is 2.88 bits per heavy atom. The van der Waals surface area contributed by atoms with Crippen molar-refractivity contribution >= 4 is 5.91 Å². The van der Waals surface area contributed by atoms with Crippen molar-refractivity contribution in [2.75, 3.05) is 20.3 Å². The Morgan fingerprint density at radius 2 is 2.31 bits per heavy atom. The number of piperidine rings is 1. The molecule has 0 spiro atoms. The molecule has 4 heteroatoms. The molecule has 1 aliphatic heterocycles. The highest BCUT2D eigenvalue weighted by Crippen LogP contribution is 2.08. The van der Waals surface area contributed by atoms with Gasteiger partial charge in [-0.3, -0.25) is 4.79 Å². The molecule has 0 aromatic rings. The lowest BCUT2D eigenvalue weighted by molar-refractivity contribution is -0.123. The number of nitrogens with one attached hydrogen (secondary N) is 2. The Balaban J connectivity index is 2.18. The fraction of sp³-hybridized carbons (Fsp3) is 0.917. The van der Waals surface area contributed by atoms with Gasteiger partial charge in [0.05, 0.1) is 0 Å². The van der Waals surface area contributed by atoms with E-state index in [0.717, 1.165) is 19.4 Å². The van der Waals surface area contributed by atoms with Crippen LogP contribution in [0.25, 0.3) is 0 Å². The number of methoxy groups -OCH3 is 1. The van der Waals surface area contributed by atoms with Gasteiger partial charge >= 0.3 is 0 Å². The zero-order chi connectivity index (χ0) is 12.0. The summed E-state index contributed by atoms with van der Waals surface area (Å²) in [6, 6.07) is 0.888. The lowest BCUT2D eigenvalue weighted by Crippen LogP contribution is -2.48. The minimum atomic E-state index is 0.144. The predicted molar refractivity (Wildman–Crippen MR) is 64.3 cm³/mol. The largest absolute Gasteiger partial charge is 0.384 e. The molecule has 0 saturated carbocycles. The molecule has 1 heterocycles. The lowest BCUT2D eigenvalue weighted by Gasteiger charge is -2.28. The van der Waals surface area contributed by atoms with Gasteiger partial charge in [-0.25, -0.2) is 0 Å². The normalized spacial score (nSPS) is 27.4. The SMILES string of the molecule is COCC(C)CC(=O)NC1CCC(C)NC1. The second kappa shape index (κ2) is 6.86. The highest BCUT2D eigenvalue weighted by Gasteiger charge is 2.19. The van der Waals surface area contributed by atoms with E-state index in [1.807, 2.05) is 6.92 Å². The number of hydrogen-bond donors (Lipinski definition) is 2. The van der Waals surface area contributed by atoms with E-state index in [-0.39, 0.29) is 5.91 Å². The molecule has 1 rings (SSSR count). The Morgan fingerprint density at radius 1 is 1.56 bits per heavy atom. The van der Waals surface area contributed by atoms with Crippen molar-refractivity contribution in [1.82, 2.24) is 10.6 Å². The maximum absolute atomic E-state index is 11.7. The van der Waals surface area contributed by atoms with Crippen LogP contribution in [0.3, 0.4) is 0 Å². The average molecular weight is 228 g/mol. The lowest BCUT2D eigenvalue weighted by atomic mass is 10.0. The third-order valence-electron chi connectivity index (χ3n) is 3.01. The molecule has 1 amide bonds. The molecular formula is C12H24N2O2. The topological polar surface area (TPSA) is 50.4 Å². The summed E-state index contributed by atoms with van der Waals surface area (Å²) in [5.74, 6) is 0.436. The summed E-state index contributed by atoms with van der Waals surface area (Å²) in [5, 5.41) is 6.45. The second-order valence-corrected chi connectivity index (χ2v) is 4.92. The van der Waals surface area contributed by atoms with Gasteiger partial charge in [0.1, 0.15) is 0 Å². The molecule has 94 valence electrons. The van der Waals surface area contributed by atoms with Crippen LogP contribution in [0.4, 0.5) is 0 Å². The van der Waals surface area contributed by atoms with Crippen LogP contribution in [0.1, 0.15) is 33.1 Å². The van der Waals surface area contributed by atoms with E-state index >= 15 is 0 Å². The van der Waals surface area contributed by atoms with Crippen molar-refractivity contribution in [2.45, 2.75) is 45.2 Å². The summed E-state index contributed by atoms with van der Waals surface area (Å²) >= 11 is 0. The first-order chi connectivity index (χ1) is 7.61. The van der Waals surface area contributed by atoms with E-state index in [2.05, 4.69) is 17.6 Å². The number of rotatable bonds is 5. The van der Waals surface area contributed by atoms with Crippen LogP contribution in [-0.4, -0.2) is 38.3 Å². The van der Waals surface area contributed by atoms with Gasteiger partial charge in [0.15, 0.2) is 0 Å². The Hall–Kier alpha value is -0.610. The van der Waals surface area contributed by atoms with Gasteiger partial charge in [-0.2, -0.15) is 0 Å². The summed E-state index contributed by atoms with van der Waals surface area (Å²) in [6.07, 6.45) is 2.77. The van der Waals surface area contributed by atoms with E-state index < -0.39 is 0 Å². The van der Waals surface area contributed by atoms with Crippen molar-refractivity contribution in [1.29, 1.82) is 0 Å². The van der Waals surface area contributed by atoms with Crippen molar-refractivity contribution in [2.24, 2.45) is 5.92 Å². The fourth-order valence-corrected chi connectivity index (χ4v) is 2.07. The molecule has 16 heavy (non-hydrogen) atoms. The Labute approximate surface area is 98.1 Å². The van der Waals surface area contributed by atoms with Crippen LogP contribution in [0.5, 0.6) is 0 Å². The zero-order valence-electron chi connectivity index (χ0n) is 10.6. The van der Waals surface area contributed by atoms with Gasteiger partial charge in [-0.1, -0.05) is 6.92 Å². The van der Waals surface area contributed by atoms with Crippen LogP contribution in [0.15, 0.2) is 0 Å². The van der Waals surface area contributed by atoms with E-state index in [1.165, 1.54) is 0 Å². The first-order valence-electron chi connectivity index (χ1n) is 6.13. The fourth-order valence-electron chi connectivity index (χ4n) is 2.07. The number of ether oxygens (including phenoxy) is 1. The van der Waals surface area contributed by atoms with E-state index in [0.29, 0.717) is 31.0 Å². The van der Waals surface area contributed by atoms with Gasteiger partial charge in [0.25, 0.3) is 0 Å². The summed E-state index contributed by atoms with van der Waals surface area (Å²) in [5.41, 5.74) is 0. The molecule has 0 radical (unpaired) electrons. The van der Waals surface area contributed by atoms with Crippen molar-refractivity contribution in [3.63, 3.8) is 0 Å². The molecule has 1 aliphatic rings. The molecule has 1 fully saturated rings. The third-order valence-corrected chi connectivity index (χ3v) is 3.01. The van der Waals surface area contributed by atoms with Crippen molar-refractivity contribution < 1.29 is 9.53 Å². The van der Waals surface area contributed by atoms with Crippen LogP contribution >= 0.6 is 0 Å². The number of hydrogen-bond acceptors (Lipinski definition) is 3. The molecule has 3 unspecified atom stereocenters. The Bertz CT molecular complexity index is 213. The first kappa shape index (κ1) is 13.5. The summed E-state index contributed by atoms with van der Waals surface area (Å²) in [7, 11) is 1.67. The minimum absolute atomic E-state index is 0.144. The van der Waals surface area contributed by atoms with Crippen molar-refractivity contribution in [3.8, 4) is 0 Å². The molecule has 3 atom stereocenters. The van der Waals surface area contributed by atoms with Crippen LogP contribution < -0.4 is 10.6 Å².